The number of thioether (sulfide) groups is 1. The third-order valence-electron chi connectivity index (χ3n) is 9.14. The minimum Gasteiger partial charge on any atom is -0.481 e. The van der Waals surface area contributed by atoms with Gasteiger partial charge in [0.1, 0.15) is 5.76 Å². The molecule has 0 aliphatic heterocycles. The normalized spacial score (nSPS) is 19.2. The van der Waals surface area contributed by atoms with Crippen LogP contribution in [0.4, 0.5) is 0 Å². The van der Waals surface area contributed by atoms with Gasteiger partial charge in [-0.2, -0.15) is 0 Å². The first kappa shape index (κ1) is 41.1. The molecule has 44 heavy (non-hydrogen) atoms. The highest BCUT2D eigenvalue weighted by molar-refractivity contribution is 8.03. The van der Waals surface area contributed by atoms with Crippen LogP contribution in [0.25, 0.3) is 0 Å². The van der Waals surface area contributed by atoms with E-state index in [4.69, 9.17) is 23.4 Å². The zero-order chi connectivity index (χ0) is 33.8. The standard InChI is InChI=1S/C34H64O7SSi2/c1-13-18-31(37)39-29-25-28(41-44(11,12)34(6,7)8)27(32(29)42-24-17-15-16-19-30(35)36)21-20-26(22-23-38-14-2)40-43(9,10)33(3,4)5/h20-21,26-28H,13-19,22-25H2,1-12H3,(H,35,36)/t26-,27+,28-/m1/s1. The van der Waals surface area contributed by atoms with Crippen LogP contribution < -0.4 is 0 Å². The van der Waals surface area contributed by atoms with E-state index in [1.165, 1.54) is 0 Å². The Balaban J connectivity index is 3.48. The Morgan fingerprint density at radius 1 is 0.977 bits per heavy atom. The molecule has 0 aromatic rings. The number of carbonyl (C=O) groups excluding carboxylic acids is 1. The molecule has 10 heteroatoms. The first-order valence-corrected chi connectivity index (χ1v) is 23.5. The van der Waals surface area contributed by atoms with E-state index in [9.17, 15) is 9.59 Å². The van der Waals surface area contributed by atoms with Gasteiger partial charge in [-0.3, -0.25) is 9.59 Å². The SMILES string of the molecule is CCCC(=O)OC1=C(SCCCCCC(=O)O)[C@@H](C=C[C@H](CCOCC)O[Si](C)(C)C(C)(C)C)[C@H](O[Si](C)(C)C(C)(C)C)C1. The summed E-state index contributed by atoms with van der Waals surface area (Å²) in [5, 5.41) is 9.12. The van der Waals surface area contributed by atoms with Crippen molar-refractivity contribution in [1.82, 2.24) is 0 Å². The molecule has 1 aliphatic rings. The fraction of sp³-hybridized carbons (Fsp3) is 0.824. The van der Waals surface area contributed by atoms with Gasteiger partial charge >= 0.3 is 11.9 Å². The molecule has 0 fully saturated rings. The highest BCUT2D eigenvalue weighted by Gasteiger charge is 2.45. The van der Waals surface area contributed by atoms with Gasteiger partial charge in [0.2, 0.25) is 0 Å². The van der Waals surface area contributed by atoms with Crippen LogP contribution in [0.2, 0.25) is 36.3 Å². The molecule has 1 N–H and O–H groups in total. The number of rotatable bonds is 20. The lowest BCUT2D eigenvalue weighted by Crippen LogP contribution is -2.45. The molecule has 1 rings (SSSR count). The molecule has 0 spiro atoms. The number of carbonyl (C=O) groups is 2. The van der Waals surface area contributed by atoms with E-state index in [0.29, 0.717) is 32.5 Å². The Kier molecular flexibility index (Phi) is 17.2. The van der Waals surface area contributed by atoms with Crippen molar-refractivity contribution in [2.45, 2.75) is 155 Å². The third-order valence-corrected chi connectivity index (χ3v) is 19.4. The molecule has 7 nitrogen and oxygen atoms in total. The Bertz CT molecular complexity index is 964. The summed E-state index contributed by atoms with van der Waals surface area (Å²) < 4.78 is 25.7. The van der Waals surface area contributed by atoms with Crippen LogP contribution in [-0.4, -0.2) is 64.9 Å². The predicted octanol–water partition coefficient (Wildman–Crippen LogP) is 9.70. The Morgan fingerprint density at radius 3 is 2.16 bits per heavy atom. The number of carboxylic acid groups (broad SMARTS) is 1. The van der Waals surface area contributed by atoms with Crippen molar-refractivity contribution in [3.8, 4) is 0 Å². The van der Waals surface area contributed by atoms with Crippen LogP contribution >= 0.6 is 11.8 Å². The van der Waals surface area contributed by atoms with Crippen LogP contribution in [-0.2, 0) is 27.9 Å². The summed E-state index contributed by atoms with van der Waals surface area (Å²) >= 11 is 1.73. The van der Waals surface area contributed by atoms with Crippen molar-refractivity contribution >= 4 is 40.3 Å². The maximum Gasteiger partial charge on any atom is 0.310 e. The average Bonchev–Trinajstić information content (AvgIpc) is 3.17. The van der Waals surface area contributed by atoms with E-state index in [0.717, 1.165) is 42.1 Å². The van der Waals surface area contributed by atoms with Crippen molar-refractivity contribution in [2.75, 3.05) is 19.0 Å². The summed E-state index contributed by atoms with van der Waals surface area (Å²) in [5.74, 6) is 0.544. The summed E-state index contributed by atoms with van der Waals surface area (Å²) in [6.45, 7) is 27.9. The van der Waals surface area contributed by atoms with Crippen molar-refractivity contribution in [3.05, 3.63) is 22.8 Å². The molecule has 3 atom stereocenters. The van der Waals surface area contributed by atoms with Crippen molar-refractivity contribution in [3.63, 3.8) is 0 Å². The molecule has 0 heterocycles. The third kappa shape index (κ3) is 13.8. The largest absolute Gasteiger partial charge is 0.481 e. The zero-order valence-corrected chi connectivity index (χ0v) is 32.8. The summed E-state index contributed by atoms with van der Waals surface area (Å²) in [6.07, 6.45) is 9.27. The van der Waals surface area contributed by atoms with Crippen LogP contribution in [0.15, 0.2) is 22.8 Å². The lowest BCUT2D eigenvalue weighted by molar-refractivity contribution is -0.140. The van der Waals surface area contributed by atoms with Gasteiger partial charge in [0.05, 0.1) is 12.2 Å². The van der Waals surface area contributed by atoms with E-state index in [1.54, 1.807) is 11.8 Å². The van der Waals surface area contributed by atoms with Crippen LogP contribution in [0.3, 0.4) is 0 Å². The van der Waals surface area contributed by atoms with Crippen molar-refractivity contribution < 1.29 is 33.0 Å². The highest BCUT2D eigenvalue weighted by atomic mass is 32.2. The molecule has 0 amide bonds. The lowest BCUT2D eigenvalue weighted by atomic mass is 10.0. The van der Waals surface area contributed by atoms with Crippen molar-refractivity contribution in [2.24, 2.45) is 5.92 Å². The summed E-state index contributed by atoms with van der Waals surface area (Å²) in [4.78, 5) is 24.8. The van der Waals surface area contributed by atoms with E-state index < -0.39 is 22.6 Å². The number of aliphatic carboxylic acids is 1. The van der Waals surface area contributed by atoms with Gasteiger partial charge in [-0.1, -0.05) is 67.0 Å². The van der Waals surface area contributed by atoms with Gasteiger partial charge in [0.25, 0.3) is 0 Å². The molecule has 256 valence electrons. The Morgan fingerprint density at radius 2 is 1.61 bits per heavy atom. The maximum absolute atomic E-state index is 12.7. The average molecular weight is 673 g/mol. The molecule has 0 aromatic carbocycles. The van der Waals surface area contributed by atoms with Gasteiger partial charge in [-0.05, 0) is 74.6 Å². The maximum atomic E-state index is 12.7. The molecule has 0 unspecified atom stereocenters. The molecule has 0 aromatic heterocycles. The van der Waals surface area contributed by atoms with Crippen LogP contribution in [0.5, 0.6) is 0 Å². The monoisotopic (exact) mass is 672 g/mol. The minimum atomic E-state index is -2.14. The second-order valence-electron chi connectivity index (χ2n) is 15.0. The van der Waals surface area contributed by atoms with Gasteiger partial charge in [0.15, 0.2) is 16.6 Å². The molecule has 0 bridgehead atoms. The van der Waals surface area contributed by atoms with Gasteiger partial charge in [-0.15, -0.1) is 11.8 Å². The Labute approximate surface area is 275 Å². The topological polar surface area (TPSA) is 91.3 Å². The predicted molar refractivity (Wildman–Crippen MR) is 189 cm³/mol. The quantitative estimate of drug-likeness (QED) is 0.0592. The first-order valence-electron chi connectivity index (χ1n) is 16.7. The second kappa shape index (κ2) is 18.4. The Hall–Kier alpha value is -0.916. The van der Waals surface area contributed by atoms with Gasteiger partial charge < -0.3 is 23.4 Å². The summed E-state index contributed by atoms with van der Waals surface area (Å²) in [7, 11) is -4.19. The number of carboxylic acids is 1. The molecule has 0 saturated heterocycles. The fourth-order valence-corrected chi connectivity index (χ4v) is 8.31. The number of unbranched alkanes of at least 4 members (excludes halogenated alkanes) is 2. The van der Waals surface area contributed by atoms with Gasteiger partial charge in [0, 0.05) is 43.3 Å². The number of esters is 1. The smallest absolute Gasteiger partial charge is 0.310 e. The molecular formula is C34H64O7SSi2. The fourth-order valence-electron chi connectivity index (χ4n) is 4.38. The van der Waals surface area contributed by atoms with E-state index >= 15 is 0 Å². The minimum absolute atomic E-state index is 0.0336. The molecular weight excluding hydrogens is 609 g/mol. The second-order valence-corrected chi connectivity index (χ2v) is 25.6. The first-order chi connectivity index (χ1) is 20.3. The van der Waals surface area contributed by atoms with Crippen LogP contribution in [0.1, 0.15) is 107 Å². The van der Waals surface area contributed by atoms with E-state index in [1.807, 2.05) is 13.8 Å². The van der Waals surface area contributed by atoms with E-state index in [2.05, 4.69) is 79.9 Å². The summed E-state index contributed by atoms with van der Waals surface area (Å²) in [6, 6.07) is 0. The number of hydrogen-bond acceptors (Lipinski definition) is 7. The number of hydrogen-bond donors (Lipinski definition) is 1. The molecule has 0 radical (unpaired) electrons. The van der Waals surface area contributed by atoms with Crippen LogP contribution in [0, 0.1) is 5.92 Å². The zero-order valence-electron chi connectivity index (χ0n) is 30.0. The summed E-state index contributed by atoms with van der Waals surface area (Å²) in [5.41, 5.74) is 0. The molecule has 0 saturated carbocycles. The van der Waals surface area contributed by atoms with Crippen molar-refractivity contribution in [1.29, 1.82) is 0 Å². The number of ether oxygens (including phenoxy) is 2. The van der Waals surface area contributed by atoms with Gasteiger partial charge in [-0.25, -0.2) is 0 Å². The van der Waals surface area contributed by atoms with E-state index in [-0.39, 0.29) is 40.6 Å². The molecule has 1 aliphatic carbocycles. The highest BCUT2D eigenvalue weighted by Crippen LogP contribution is 2.47. The lowest BCUT2D eigenvalue weighted by Gasteiger charge is -2.40.